The summed E-state index contributed by atoms with van der Waals surface area (Å²) >= 11 is 13.0. The molecule has 0 aliphatic carbocycles. The van der Waals surface area contributed by atoms with Crippen molar-refractivity contribution in [3.8, 4) is 0 Å². The minimum absolute atomic E-state index is 0.454. The first-order valence-electron chi connectivity index (χ1n) is 6.97. The van der Waals surface area contributed by atoms with Crippen molar-refractivity contribution in [2.24, 2.45) is 0 Å². The Labute approximate surface area is 147 Å². The number of carbonyl (C=O) groups excluding carboxylic acids is 1. The Balaban J connectivity index is 2.51. The van der Waals surface area contributed by atoms with E-state index in [0.717, 1.165) is 23.5 Å². The number of thioether (sulfide) groups is 1. The number of ketones is 1. The predicted octanol–water partition coefficient (Wildman–Crippen LogP) is 5.44. The first-order chi connectivity index (χ1) is 10.8. The molecule has 124 valence electrons. The van der Waals surface area contributed by atoms with Gasteiger partial charge in [0.15, 0.2) is 11.6 Å². The van der Waals surface area contributed by atoms with Gasteiger partial charge in [0.1, 0.15) is 5.69 Å². The number of alkyl halides is 2. The van der Waals surface area contributed by atoms with Crippen LogP contribution in [-0.4, -0.2) is 19.8 Å². The topological polar surface area (TPSA) is 22.0 Å². The molecule has 2 rings (SSSR count). The fourth-order valence-corrected chi connectivity index (χ4v) is 3.69. The molecule has 0 aliphatic heterocycles. The van der Waals surface area contributed by atoms with Crippen molar-refractivity contribution in [3.05, 3.63) is 59.4 Å². The van der Waals surface area contributed by atoms with Crippen LogP contribution in [0.3, 0.4) is 0 Å². The summed E-state index contributed by atoms with van der Waals surface area (Å²) in [5.74, 6) is -2.75. The molecule has 23 heavy (non-hydrogen) atoms. The lowest BCUT2D eigenvalue weighted by molar-refractivity contribution is 0.0984. The Morgan fingerprint density at radius 1 is 1.30 bits per heavy atom. The van der Waals surface area contributed by atoms with E-state index in [1.807, 2.05) is 30.3 Å². The summed E-state index contributed by atoms with van der Waals surface area (Å²) in [7, 11) is 0. The number of rotatable bonds is 6. The highest BCUT2D eigenvalue weighted by Crippen LogP contribution is 2.39. The summed E-state index contributed by atoms with van der Waals surface area (Å²) < 4.78 is 27.3. The van der Waals surface area contributed by atoms with Crippen molar-refractivity contribution >= 4 is 40.7 Å². The molecule has 0 bridgehead atoms. The smallest absolute Gasteiger partial charge is 0.228 e. The van der Waals surface area contributed by atoms with Gasteiger partial charge in [-0.05, 0) is 18.2 Å². The van der Waals surface area contributed by atoms with E-state index in [0.29, 0.717) is 5.75 Å². The SMILES string of the molecule is CCSC(Cl)(Cl)C(=O)c1c(F)c(F)cn1[C@H](C)c1ccccc1. The van der Waals surface area contributed by atoms with Crippen molar-refractivity contribution < 1.29 is 13.6 Å². The monoisotopic (exact) mass is 377 g/mol. The standard InChI is InChI=1S/C16H15Cl2F2NOS/c1-3-23-16(17,18)15(22)14-13(20)12(19)9-21(14)10(2)11-7-5-4-6-8-11/h4-10H,3H2,1-2H3/t10-/m1/s1. The normalized spacial score (nSPS) is 13.1. The Hall–Kier alpha value is -1.04. The molecule has 0 amide bonds. The second-order valence-corrected chi connectivity index (χ2v) is 8.17. The molecule has 1 atom stereocenters. The third kappa shape index (κ3) is 3.73. The number of hydrogen-bond acceptors (Lipinski definition) is 2. The van der Waals surface area contributed by atoms with E-state index in [1.54, 1.807) is 13.8 Å². The van der Waals surface area contributed by atoms with Crippen LogP contribution in [0.2, 0.25) is 0 Å². The molecule has 7 heteroatoms. The largest absolute Gasteiger partial charge is 0.332 e. The predicted molar refractivity (Wildman–Crippen MR) is 91.5 cm³/mol. The van der Waals surface area contributed by atoms with Crippen molar-refractivity contribution in [1.82, 2.24) is 4.57 Å². The van der Waals surface area contributed by atoms with Gasteiger partial charge in [0.05, 0.1) is 6.04 Å². The molecule has 0 saturated heterocycles. The molecule has 0 saturated carbocycles. The molecule has 1 aromatic heterocycles. The van der Waals surface area contributed by atoms with Crippen LogP contribution in [0.25, 0.3) is 0 Å². The van der Waals surface area contributed by atoms with Crippen LogP contribution in [0.1, 0.15) is 35.9 Å². The summed E-state index contributed by atoms with van der Waals surface area (Å²) in [6, 6.07) is 8.62. The van der Waals surface area contributed by atoms with Crippen LogP contribution < -0.4 is 0 Å². The molecular weight excluding hydrogens is 363 g/mol. The lowest BCUT2D eigenvalue weighted by Gasteiger charge is -2.21. The third-order valence-corrected chi connectivity index (χ3v) is 5.27. The van der Waals surface area contributed by atoms with Gasteiger partial charge in [-0.15, -0.1) is 11.8 Å². The van der Waals surface area contributed by atoms with Gasteiger partial charge in [-0.25, -0.2) is 8.78 Å². The number of aromatic nitrogens is 1. The zero-order valence-corrected chi connectivity index (χ0v) is 14.9. The summed E-state index contributed by atoms with van der Waals surface area (Å²) in [5, 5.41) is 0. The number of halogens is 4. The van der Waals surface area contributed by atoms with Crippen molar-refractivity contribution in [3.63, 3.8) is 0 Å². The van der Waals surface area contributed by atoms with Crippen LogP contribution in [0.5, 0.6) is 0 Å². The summed E-state index contributed by atoms with van der Waals surface area (Å²) in [5.41, 5.74) is 0.347. The first-order valence-corrected chi connectivity index (χ1v) is 8.71. The molecule has 2 aromatic rings. The van der Waals surface area contributed by atoms with E-state index in [1.165, 1.54) is 4.57 Å². The van der Waals surface area contributed by atoms with Crippen LogP contribution in [0.4, 0.5) is 8.78 Å². The number of benzene rings is 1. The van der Waals surface area contributed by atoms with Crippen molar-refractivity contribution in [1.29, 1.82) is 0 Å². The Morgan fingerprint density at radius 3 is 2.48 bits per heavy atom. The van der Waals surface area contributed by atoms with Crippen LogP contribution in [0.15, 0.2) is 36.5 Å². The molecule has 0 aliphatic rings. The molecule has 0 fully saturated rings. The molecule has 1 heterocycles. The van der Waals surface area contributed by atoms with Gasteiger partial charge in [-0.1, -0.05) is 60.5 Å². The minimum atomic E-state index is -1.87. The lowest BCUT2D eigenvalue weighted by Crippen LogP contribution is -2.27. The summed E-state index contributed by atoms with van der Waals surface area (Å²) in [4.78, 5) is 12.5. The highest BCUT2D eigenvalue weighted by molar-refractivity contribution is 8.04. The minimum Gasteiger partial charge on any atom is -0.332 e. The molecular formula is C16H15Cl2F2NOS. The van der Waals surface area contributed by atoms with Crippen LogP contribution >= 0.6 is 35.0 Å². The van der Waals surface area contributed by atoms with Gasteiger partial charge in [-0.2, -0.15) is 0 Å². The molecule has 2 nitrogen and oxygen atoms in total. The number of hydrogen-bond donors (Lipinski definition) is 0. The fraction of sp³-hybridized carbons (Fsp3) is 0.312. The van der Waals surface area contributed by atoms with E-state index >= 15 is 0 Å². The van der Waals surface area contributed by atoms with E-state index in [2.05, 4.69) is 0 Å². The molecule has 0 N–H and O–H groups in total. The number of nitrogens with zero attached hydrogens (tertiary/aromatic N) is 1. The molecule has 0 radical (unpaired) electrons. The zero-order valence-electron chi connectivity index (χ0n) is 12.5. The maximum absolute atomic E-state index is 14.2. The van der Waals surface area contributed by atoms with E-state index < -0.39 is 32.8 Å². The fourth-order valence-electron chi connectivity index (χ4n) is 2.27. The second-order valence-electron chi connectivity index (χ2n) is 4.91. The van der Waals surface area contributed by atoms with Gasteiger partial charge >= 0.3 is 0 Å². The van der Waals surface area contributed by atoms with Gasteiger partial charge < -0.3 is 4.57 Å². The van der Waals surface area contributed by atoms with E-state index in [4.69, 9.17) is 23.2 Å². The Morgan fingerprint density at radius 2 is 1.91 bits per heavy atom. The maximum Gasteiger partial charge on any atom is 0.228 e. The second kappa shape index (κ2) is 7.24. The van der Waals surface area contributed by atoms with E-state index in [-0.39, 0.29) is 0 Å². The van der Waals surface area contributed by atoms with E-state index in [9.17, 15) is 13.6 Å². The highest BCUT2D eigenvalue weighted by Gasteiger charge is 2.40. The Kier molecular flexibility index (Phi) is 5.76. The third-order valence-electron chi connectivity index (χ3n) is 3.43. The maximum atomic E-state index is 14.2. The Bertz CT molecular complexity index is 704. The molecule has 1 aromatic carbocycles. The van der Waals surface area contributed by atoms with Gasteiger partial charge in [-0.3, -0.25) is 4.79 Å². The van der Waals surface area contributed by atoms with Crippen LogP contribution in [-0.2, 0) is 0 Å². The number of carbonyl (C=O) groups is 1. The first kappa shape index (κ1) is 18.3. The van der Waals surface area contributed by atoms with Crippen molar-refractivity contribution in [2.45, 2.75) is 23.6 Å². The molecule has 0 unspecified atom stereocenters. The summed E-state index contributed by atoms with van der Waals surface area (Å²) in [6.45, 7) is 3.50. The lowest BCUT2D eigenvalue weighted by atomic mass is 10.1. The summed E-state index contributed by atoms with van der Waals surface area (Å²) in [6.07, 6.45) is 0.959. The average Bonchev–Trinajstić information content (AvgIpc) is 2.82. The molecule has 0 spiro atoms. The quantitative estimate of drug-likeness (QED) is 0.493. The highest BCUT2D eigenvalue weighted by atomic mass is 35.5. The van der Waals surface area contributed by atoms with Gasteiger partial charge in [0, 0.05) is 6.20 Å². The average molecular weight is 378 g/mol. The van der Waals surface area contributed by atoms with Crippen molar-refractivity contribution in [2.75, 3.05) is 5.75 Å². The van der Waals surface area contributed by atoms with Crippen LogP contribution in [0, 0.1) is 11.6 Å². The van der Waals surface area contributed by atoms with Gasteiger partial charge in [0.2, 0.25) is 9.45 Å². The number of Topliss-reactive ketones (excluding diaryl/α,β-unsaturated/α-hetero) is 1. The zero-order chi connectivity index (χ0) is 17.2. The van der Waals surface area contributed by atoms with Gasteiger partial charge in [0.25, 0.3) is 0 Å².